The van der Waals surface area contributed by atoms with Gasteiger partial charge in [-0.15, -0.1) is 0 Å². The number of amides is 1. The lowest BCUT2D eigenvalue weighted by atomic mass is 10.1. The summed E-state index contributed by atoms with van der Waals surface area (Å²) in [5, 5.41) is 0. The highest BCUT2D eigenvalue weighted by atomic mass is 16.5. The van der Waals surface area contributed by atoms with Crippen molar-refractivity contribution in [3.8, 4) is 0 Å². The van der Waals surface area contributed by atoms with E-state index in [1.807, 2.05) is 31.2 Å². The summed E-state index contributed by atoms with van der Waals surface area (Å²) in [6.07, 6.45) is 0.105. The summed E-state index contributed by atoms with van der Waals surface area (Å²) >= 11 is 0. The molecule has 0 aliphatic heterocycles. The zero-order valence-corrected chi connectivity index (χ0v) is 12.4. The number of carbonyl (C=O) groups excluding carboxylic acids is 3. The van der Waals surface area contributed by atoms with Gasteiger partial charge in [0, 0.05) is 0 Å². The van der Waals surface area contributed by atoms with Crippen molar-refractivity contribution in [1.82, 2.24) is 4.90 Å². The second-order valence-corrected chi connectivity index (χ2v) is 4.56. The smallest absolute Gasteiger partial charge is 0.325 e. The first-order chi connectivity index (χ1) is 9.96. The van der Waals surface area contributed by atoms with Gasteiger partial charge < -0.3 is 14.4 Å². The van der Waals surface area contributed by atoms with Gasteiger partial charge in [-0.05, 0) is 12.5 Å². The maximum absolute atomic E-state index is 12.2. The van der Waals surface area contributed by atoms with Crippen molar-refractivity contribution < 1.29 is 23.9 Å². The van der Waals surface area contributed by atoms with Crippen LogP contribution in [0.3, 0.4) is 0 Å². The highest BCUT2D eigenvalue weighted by Gasteiger charge is 2.21. The topological polar surface area (TPSA) is 72.9 Å². The molecule has 0 saturated heterocycles. The fourth-order valence-electron chi connectivity index (χ4n) is 1.67. The molecule has 0 saturated carbocycles. The van der Waals surface area contributed by atoms with Gasteiger partial charge in [-0.3, -0.25) is 14.4 Å². The lowest BCUT2D eigenvalue weighted by molar-refractivity contribution is -0.151. The molecule has 0 bridgehead atoms. The summed E-state index contributed by atoms with van der Waals surface area (Å²) in [7, 11) is 2.45. The van der Waals surface area contributed by atoms with Crippen LogP contribution in [0.15, 0.2) is 24.3 Å². The zero-order valence-electron chi connectivity index (χ0n) is 12.4. The molecule has 0 spiro atoms. The molecule has 1 rings (SSSR count). The van der Waals surface area contributed by atoms with Gasteiger partial charge in [0.1, 0.15) is 13.1 Å². The molecule has 0 aliphatic rings. The van der Waals surface area contributed by atoms with Crippen molar-refractivity contribution in [3.63, 3.8) is 0 Å². The first-order valence-corrected chi connectivity index (χ1v) is 6.43. The van der Waals surface area contributed by atoms with Crippen LogP contribution in [0, 0.1) is 6.92 Å². The van der Waals surface area contributed by atoms with Crippen molar-refractivity contribution in [1.29, 1.82) is 0 Å². The number of nitrogens with zero attached hydrogens (tertiary/aromatic N) is 1. The molecule has 0 fully saturated rings. The van der Waals surface area contributed by atoms with E-state index in [0.717, 1.165) is 16.0 Å². The monoisotopic (exact) mass is 293 g/mol. The average molecular weight is 293 g/mol. The maximum Gasteiger partial charge on any atom is 0.325 e. The van der Waals surface area contributed by atoms with Gasteiger partial charge in [-0.25, -0.2) is 0 Å². The Balaban J connectivity index is 2.75. The second kappa shape index (κ2) is 8.04. The number of benzene rings is 1. The maximum atomic E-state index is 12.2. The fraction of sp³-hybridized carbons (Fsp3) is 0.400. The van der Waals surface area contributed by atoms with Gasteiger partial charge in [0.25, 0.3) is 0 Å². The molecule has 0 atom stereocenters. The Labute approximate surface area is 123 Å². The number of rotatable bonds is 6. The Bertz CT molecular complexity index is 491. The van der Waals surface area contributed by atoms with E-state index in [1.165, 1.54) is 14.2 Å². The van der Waals surface area contributed by atoms with Gasteiger partial charge in [0.05, 0.1) is 20.6 Å². The number of aryl methyl sites for hydroxylation is 1. The fourth-order valence-corrected chi connectivity index (χ4v) is 1.67. The highest BCUT2D eigenvalue weighted by Crippen LogP contribution is 2.06. The Morgan fingerprint density at radius 3 is 1.86 bits per heavy atom. The molecule has 1 aromatic carbocycles. The molecule has 0 N–H and O–H groups in total. The number of esters is 2. The summed E-state index contributed by atoms with van der Waals surface area (Å²) in [4.78, 5) is 36.0. The van der Waals surface area contributed by atoms with Crippen LogP contribution >= 0.6 is 0 Å². The number of methoxy groups -OCH3 is 2. The molecule has 0 aromatic heterocycles. The lowest BCUT2D eigenvalue weighted by Gasteiger charge is -2.20. The Kier molecular flexibility index (Phi) is 6.39. The van der Waals surface area contributed by atoms with E-state index in [0.29, 0.717) is 0 Å². The molecule has 114 valence electrons. The zero-order chi connectivity index (χ0) is 15.8. The summed E-state index contributed by atoms with van der Waals surface area (Å²) in [6, 6.07) is 7.46. The molecule has 1 amide bonds. The Hall–Kier alpha value is -2.37. The van der Waals surface area contributed by atoms with E-state index in [1.54, 1.807) is 0 Å². The number of carbonyl (C=O) groups is 3. The molecule has 0 aliphatic carbocycles. The van der Waals surface area contributed by atoms with E-state index in [9.17, 15) is 14.4 Å². The van der Waals surface area contributed by atoms with Crippen LogP contribution in [0.2, 0.25) is 0 Å². The molecular weight excluding hydrogens is 274 g/mol. The standard InChI is InChI=1S/C15H19NO5/c1-11-4-6-12(7-5-11)8-13(17)16(9-14(18)20-2)10-15(19)21-3/h4-7H,8-10H2,1-3H3. The minimum Gasteiger partial charge on any atom is -0.468 e. The molecule has 21 heavy (non-hydrogen) atoms. The minimum absolute atomic E-state index is 0.105. The van der Waals surface area contributed by atoms with E-state index >= 15 is 0 Å². The molecule has 0 radical (unpaired) electrons. The van der Waals surface area contributed by atoms with Gasteiger partial charge in [-0.1, -0.05) is 29.8 Å². The Morgan fingerprint density at radius 1 is 0.952 bits per heavy atom. The van der Waals surface area contributed by atoms with Crippen molar-refractivity contribution >= 4 is 17.8 Å². The first-order valence-electron chi connectivity index (χ1n) is 6.43. The average Bonchev–Trinajstić information content (AvgIpc) is 2.48. The van der Waals surface area contributed by atoms with E-state index < -0.39 is 11.9 Å². The quantitative estimate of drug-likeness (QED) is 0.722. The van der Waals surface area contributed by atoms with Crippen LogP contribution in [-0.4, -0.2) is 50.1 Å². The van der Waals surface area contributed by atoms with Crippen molar-refractivity contribution in [3.05, 3.63) is 35.4 Å². The Morgan fingerprint density at radius 2 is 1.43 bits per heavy atom. The number of ether oxygens (including phenoxy) is 2. The third-order valence-electron chi connectivity index (χ3n) is 2.92. The summed E-state index contributed by atoms with van der Waals surface area (Å²) in [6.45, 7) is 1.39. The van der Waals surface area contributed by atoms with E-state index in [-0.39, 0.29) is 25.4 Å². The minimum atomic E-state index is -0.587. The van der Waals surface area contributed by atoms with Crippen LogP contribution in [0.1, 0.15) is 11.1 Å². The predicted octanol–water partition coefficient (Wildman–Crippen LogP) is 0.712. The second-order valence-electron chi connectivity index (χ2n) is 4.56. The normalized spacial score (nSPS) is 9.86. The highest BCUT2D eigenvalue weighted by molar-refractivity contribution is 5.87. The number of hydrogen-bond acceptors (Lipinski definition) is 5. The van der Waals surface area contributed by atoms with Gasteiger partial charge in [0.15, 0.2) is 0 Å². The largest absolute Gasteiger partial charge is 0.468 e. The van der Waals surface area contributed by atoms with Crippen LogP contribution in [0.5, 0.6) is 0 Å². The van der Waals surface area contributed by atoms with Crippen LogP contribution in [-0.2, 0) is 30.3 Å². The molecule has 6 heteroatoms. The molecule has 6 nitrogen and oxygen atoms in total. The SMILES string of the molecule is COC(=O)CN(CC(=O)OC)C(=O)Cc1ccc(C)cc1. The molecule has 0 unspecified atom stereocenters. The third-order valence-corrected chi connectivity index (χ3v) is 2.92. The summed E-state index contributed by atoms with van der Waals surface area (Å²) in [5.74, 6) is -1.51. The van der Waals surface area contributed by atoms with Crippen molar-refractivity contribution in [2.24, 2.45) is 0 Å². The van der Waals surface area contributed by atoms with Crippen LogP contribution in [0.4, 0.5) is 0 Å². The predicted molar refractivity (Wildman–Crippen MR) is 75.5 cm³/mol. The van der Waals surface area contributed by atoms with Crippen molar-refractivity contribution in [2.75, 3.05) is 27.3 Å². The lowest BCUT2D eigenvalue weighted by Crippen LogP contribution is -2.41. The molecular formula is C15H19NO5. The van der Waals surface area contributed by atoms with E-state index in [2.05, 4.69) is 9.47 Å². The molecule has 1 aromatic rings. The van der Waals surface area contributed by atoms with Gasteiger partial charge >= 0.3 is 11.9 Å². The first kappa shape index (κ1) is 16.7. The van der Waals surface area contributed by atoms with Crippen LogP contribution in [0.25, 0.3) is 0 Å². The molecule has 0 heterocycles. The van der Waals surface area contributed by atoms with E-state index in [4.69, 9.17) is 0 Å². The third kappa shape index (κ3) is 5.64. The summed E-state index contributed by atoms with van der Waals surface area (Å²) in [5.41, 5.74) is 1.90. The van der Waals surface area contributed by atoms with Gasteiger partial charge in [0.2, 0.25) is 5.91 Å². The van der Waals surface area contributed by atoms with Gasteiger partial charge in [-0.2, -0.15) is 0 Å². The number of hydrogen-bond donors (Lipinski definition) is 0. The van der Waals surface area contributed by atoms with Crippen LogP contribution < -0.4 is 0 Å². The van der Waals surface area contributed by atoms with Crippen molar-refractivity contribution in [2.45, 2.75) is 13.3 Å². The summed E-state index contributed by atoms with van der Waals surface area (Å²) < 4.78 is 9.05.